The molecule has 0 fully saturated rings. The summed E-state index contributed by atoms with van der Waals surface area (Å²) in [4.78, 5) is 11.4. The molecule has 0 aliphatic carbocycles. The van der Waals surface area contributed by atoms with Gasteiger partial charge >= 0.3 is 0 Å². The third-order valence-electron chi connectivity index (χ3n) is 3.53. The number of nitrogens with zero attached hydrogens (tertiary/aromatic N) is 1. The first kappa shape index (κ1) is 17.1. The quantitative estimate of drug-likeness (QED) is 0.323. The van der Waals surface area contributed by atoms with Crippen LogP contribution in [-0.4, -0.2) is 12.0 Å². The molecule has 0 saturated heterocycles. The molecule has 7 heteroatoms. The number of halogens is 2. The van der Waals surface area contributed by atoms with Crippen molar-refractivity contribution in [3.63, 3.8) is 0 Å². The van der Waals surface area contributed by atoms with Crippen LogP contribution < -0.4 is 4.74 Å². The smallest absolute Gasteiger partial charge is 0.269 e. The van der Waals surface area contributed by atoms with Crippen LogP contribution in [0.2, 0.25) is 0 Å². The van der Waals surface area contributed by atoms with E-state index in [0.29, 0.717) is 0 Å². The standard InChI is InChI=1S/C17H11Br2NO3S/c1-23-13-8-4-10(5-9-13)14-15(18)16(24-17(14)19)11-2-6-12(7-3-11)20(21)22/h2-9H,1H3. The van der Waals surface area contributed by atoms with Crippen LogP contribution in [0.5, 0.6) is 5.75 Å². The van der Waals surface area contributed by atoms with Crippen molar-refractivity contribution in [1.29, 1.82) is 0 Å². The van der Waals surface area contributed by atoms with Gasteiger partial charge in [-0.05, 0) is 67.3 Å². The van der Waals surface area contributed by atoms with E-state index in [1.54, 1.807) is 30.6 Å². The van der Waals surface area contributed by atoms with Gasteiger partial charge in [-0.2, -0.15) is 0 Å². The molecule has 0 saturated carbocycles. The zero-order valence-corrected chi connectivity index (χ0v) is 16.4. The molecule has 0 aliphatic rings. The summed E-state index contributed by atoms with van der Waals surface area (Å²) in [5, 5.41) is 10.8. The highest BCUT2D eigenvalue weighted by Crippen LogP contribution is 2.48. The second-order valence-electron chi connectivity index (χ2n) is 4.93. The minimum absolute atomic E-state index is 0.0841. The number of hydrogen-bond donors (Lipinski definition) is 0. The molecular formula is C17H11Br2NO3S. The summed E-state index contributed by atoms with van der Waals surface area (Å²) < 4.78 is 7.14. The molecule has 0 unspecified atom stereocenters. The topological polar surface area (TPSA) is 52.4 Å². The molecule has 122 valence electrons. The molecule has 0 N–H and O–H groups in total. The molecule has 0 spiro atoms. The van der Waals surface area contributed by atoms with Crippen LogP contribution in [0.25, 0.3) is 21.6 Å². The van der Waals surface area contributed by atoms with Crippen molar-refractivity contribution in [1.82, 2.24) is 0 Å². The molecule has 24 heavy (non-hydrogen) atoms. The third-order valence-corrected chi connectivity index (χ3v) is 6.49. The van der Waals surface area contributed by atoms with Crippen LogP contribution in [0.1, 0.15) is 0 Å². The first-order valence-electron chi connectivity index (χ1n) is 6.88. The SMILES string of the molecule is COc1ccc(-c2c(Br)sc(-c3ccc([N+](=O)[O-])cc3)c2Br)cc1. The Morgan fingerprint density at radius 2 is 1.58 bits per heavy atom. The fraction of sp³-hybridized carbons (Fsp3) is 0.0588. The largest absolute Gasteiger partial charge is 0.497 e. The number of rotatable bonds is 4. The predicted molar refractivity (Wildman–Crippen MR) is 104 cm³/mol. The number of ether oxygens (including phenoxy) is 1. The molecular weight excluding hydrogens is 458 g/mol. The monoisotopic (exact) mass is 467 g/mol. The van der Waals surface area contributed by atoms with Gasteiger partial charge in [-0.3, -0.25) is 10.1 Å². The number of nitro benzene ring substituents is 1. The van der Waals surface area contributed by atoms with Crippen LogP contribution in [0.3, 0.4) is 0 Å². The maximum Gasteiger partial charge on any atom is 0.269 e. The van der Waals surface area contributed by atoms with Crippen molar-refractivity contribution in [2.45, 2.75) is 0 Å². The Balaban J connectivity index is 2.03. The fourth-order valence-corrected chi connectivity index (χ4v) is 5.46. The Morgan fingerprint density at radius 1 is 1.00 bits per heavy atom. The van der Waals surface area contributed by atoms with Crippen LogP contribution >= 0.6 is 43.2 Å². The van der Waals surface area contributed by atoms with Gasteiger partial charge in [-0.15, -0.1) is 11.3 Å². The summed E-state index contributed by atoms with van der Waals surface area (Å²) in [5.41, 5.74) is 3.12. The highest BCUT2D eigenvalue weighted by atomic mass is 79.9. The van der Waals surface area contributed by atoms with Gasteiger partial charge in [-0.25, -0.2) is 0 Å². The summed E-state index contributed by atoms with van der Waals surface area (Å²) in [7, 11) is 1.64. The van der Waals surface area contributed by atoms with E-state index in [9.17, 15) is 10.1 Å². The van der Waals surface area contributed by atoms with Gasteiger partial charge in [-0.1, -0.05) is 12.1 Å². The number of thiophene rings is 1. The van der Waals surface area contributed by atoms with Crippen molar-refractivity contribution in [2.24, 2.45) is 0 Å². The van der Waals surface area contributed by atoms with E-state index in [2.05, 4.69) is 31.9 Å². The Kier molecular flexibility index (Phi) is 5.03. The molecule has 0 amide bonds. The van der Waals surface area contributed by atoms with Crippen LogP contribution in [0, 0.1) is 10.1 Å². The van der Waals surface area contributed by atoms with Gasteiger partial charge in [0.05, 0.1) is 20.7 Å². The van der Waals surface area contributed by atoms with Crippen LogP contribution in [0.4, 0.5) is 5.69 Å². The van der Waals surface area contributed by atoms with Gasteiger partial charge in [0.15, 0.2) is 0 Å². The maximum absolute atomic E-state index is 10.8. The minimum atomic E-state index is -0.397. The van der Waals surface area contributed by atoms with Crippen molar-refractivity contribution < 1.29 is 9.66 Å². The molecule has 0 radical (unpaired) electrons. The number of methoxy groups -OCH3 is 1. The van der Waals surface area contributed by atoms with Gasteiger partial charge < -0.3 is 4.74 Å². The molecule has 1 heterocycles. The predicted octanol–water partition coefficient (Wildman–Crippen LogP) is 6.52. The Morgan fingerprint density at radius 3 is 2.12 bits per heavy atom. The lowest BCUT2D eigenvalue weighted by molar-refractivity contribution is -0.384. The van der Waals surface area contributed by atoms with Gasteiger partial charge in [0.1, 0.15) is 5.75 Å². The highest BCUT2D eigenvalue weighted by Gasteiger charge is 2.18. The van der Waals surface area contributed by atoms with E-state index in [-0.39, 0.29) is 5.69 Å². The fourth-order valence-electron chi connectivity index (χ4n) is 2.30. The molecule has 3 rings (SSSR count). The van der Waals surface area contributed by atoms with Gasteiger partial charge in [0, 0.05) is 22.2 Å². The second-order valence-corrected chi connectivity index (χ2v) is 8.06. The van der Waals surface area contributed by atoms with Crippen molar-refractivity contribution >= 4 is 48.9 Å². The summed E-state index contributed by atoms with van der Waals surface area (Å²) in [5.74, 6) is 0.803. The molecule has 3 aromatic rings. The molecule has 0 bridgehead atoms. The van der Waals surface area contributed by atoms with E-state index in [4.69, 9.17) is 4.74 Å². The lowest BCUT2D eigenvalue weighted by Gasteiger charge is -2.04. The van der Waals surface area contributed by atoms with Gasteiger partial charge in [0.2, 0.25) is 0 Å². The minimum Gasteiger partial charge on any atom is -0.497 e. The first-order chi connectivity index (χ1) is 11.5. The molecule has 2 aromatic carbocycles. The van der Waals surface area contributed by atoms with E-state index in [1.165, 1.54) is 12.1 Å². The highest BCUT2D eigenvalue weighted by molar-refractivity contribution is 9.11. The Bertz CT molecular complexity index is 889. The number of nitro groups is 1. The number of hydrogen-bond acceptors (Lipinski definition) is 4. The summed E-state index contributed by atoms with van der Waals surface area (Å²) >= 11 is 8.88. The van der Waals surface area contributed by atoms with E-state index >= 15 is 0 Å². The summed E-state index contributed by atoms with van der Waals surface area (Å²) in [6.07, 6.45) is 0. The number of non-ortho nitro benzene ring substituents is 1. The average Bonchev–Trinajstić information content (AvgIpc) is 2.89. The zero-order chi connectivity index (χ0) is 17.3. The van der Waals surface area contributed by atoms with Crippen molar-refractivity contribution in [3.8, 4) is 27.3 Å². The van der Waals surface area contributed by atoms with E-state index in [0.717, 1.165) is 35.6 Å². The van der Waals surface area contributed by atoms with Crippen molar-refractivity contribution in [2.75, 3.05) is 7.11 Å². The van der Waals surface area contributed by atoms with E-state index in [1.807, 2.05) is 24.3 Å². The molecule has 1 aromatic heterocycles. The molecule has 4 nitrogen and oxygen atoms in total. The lowest BCUT2D eigenvalue weighted by Crippen LogP contribution is -1.86. The lowest BCUT2D eigenvalue weighted by atomic mass is 10.1. The summed E-state index contributed by atoms with van der Waals surface area (Å²) in [6.45, 7) is 0. The molecule has 0 aliphatic heterocycles. The van der Waals surface area contributed by atoms with Crippen LogP contribution in [-0.2, 0) is 0 Å². The zero-order valence-electron chi connectivity index (χ0n) is 12.5. The Hall–Kier alpha value is -1.70. The van der Waals surface area contributed by atoms with Gasteiger partial charge in [0.25, 0.3) is 5.69 Å². The Labute approximate surface area is 159 Å². The van der Waals surface area contributed by atoms with E-state index < -0.39 is 4.92 Å². The normalized spacial score (nSPS) is 10.6. The molecule has 0 atom stereocenters. The average molecular weight is 469 g/mol. The maximum atomic E-state index is 10.8. The second kappa shape index (κ2) is 7.04. The first-order valence-corrected chi connectivity index (χ1v) is 9.28. The van der Waals surface area contributed by atoms with Crippen molar-refractivity contribution in [3.05, 3.63) is 66.9 Å². The number of benzene rings is 2. The third kappa shape index (κ3) is 3.24. The summed E-state index contributed by atoms with van der Waals surface area (Å²) in [6, 6.07) is 14.4. The van der Waals surface area contributed by atoms with Crippen LogP contribution in [0.15, 0.2) is 56.8 Å².